The van der Waals surface area contributed by atoms with Crippen LogP contribution in [0.2, 0.25) is 0 Å². The summed E-state index contributed by atoms with van der Waals surface area (Å²) < 4.78 is 5.55. The highest BCUT2D eigenvalue weighted by atomic mass is 16.5. The van der Waals surface area contributed by atoms with Gasteiger partial charge in [-0.25, -0.2) is 4.98 Å². The molecule has 2 rings (SSSR count). The Hall–Kier alpha value is -2.48. The molecule has 18 heavy (non-hydrogen) atoms. The zero-order valence-electron chi connectivity index (χ0n) is 10.3. The standard InChI is InChI=1S/C13H14N4O/c1-8(2)18-10-5-3-9(4-6-10)13-16-11(7-14)12(15)17-13/h3-6,8H,15H2,1-2H3,(H,16,17). The summed E-state index contributed by atoms with van der Waals surface area (Å²) in [6.07, 6.45) is 0.139. The maximum Gasteiger partial charge on any atom is 0.161 e. The van der Waals surface area contributed by atoms with Gasteiger partial charge in [-0.05, 0) is 38.1 Å². The summed E-state index contributed by atoms with van der Waals surface area (Å²) in [5.74, 6) is 1.60. The van der Waals surface area contributed by atoms with Gasteiger partial charge in [-0.2, -0.15) is 5.26 Å². The topological polar surface area (TPSA) is 87.7 Å². The number of hydrogen-bond acceptors (Lipinski definition) is 4. The third-order valence-corrected chi connectivity index (χ3v) is 2.34. The van der Waals surface area contributed by atoms with E-state index in [9.17, 15) is 0 Å². The van der Waals surface area contributed by atoms with Gasteiger partial charge in [0.15, 0.2) is 11.5 Å². The summed E-state index contributed by atoms with van der Waals surface area (Å²) in [7, 11) is 0. The predicted octanol–water partition coefficient (Wildman–Crippen LogP) is 2.32. The van der Waals surface area contributed by atoms with Gasteiger partial charge in [-0.15, -0.1) is 0 Å². The van der Waals surface area contributed by atoms with Gasteiger partial charge in [-0.1, -0.05) is 0 Å². The van der Waals surface area contributed by atoms with Crippen molar-refractivity contribution in [2.24, 2.45) is 0 Å². The van der Waals surface area contributed by atoms with Crippen LogP contribution in [0.1, 0.15) is 19.5 Å². The summed E-state index contributed by atoms with van der Waals surface area (Å²) >= 11 is 0. The van der Waals surface area contributed by atoms with Crippen molar-refractivity contribution in [3.63, 3.8) is 0 Å². The molecule has 1 heterocycles. The van der Waals surface area contributed by atoms with E-state index in [1.54, 1.807) is 0 Å². The van der Waals surface area contributed by atoms with Crippen LogP contribution in [-0.4, -0.2) is 16.1 Å². The fourth-order valence-electron chi connectivity index (χ4n) is 1.57. The van der Waals surface area contributed by atoms with Crippen molar-refractivity contribution in [3.8, 4) is 23.2 Å². The number of H-pyrrole nitrogens is 1. The summed E-state index contributed by atoms with van der Waals surface area (Å²) in [6.45, 7) is 3.95. The Balaban J connectivity index is 2.26. The molecule has 1 aromatic heterocycles. The van der Waals surface area contributed by atoms with E-state index < -0.39 is 0 Å². The SMILES string of the molecule is CC(C)Oc1ccc(-c2nc(N)c(C#N)[nH]2)cc1. The van der Waals surface area contributed by atoms with Crippen molar-refractivity contribution in [3.05, 3.63) is 30.0 Å². The molecule has 0 saturated carbocycles. The first kappa shape index (κ1) is 12.0. The number of aromatic amines is 1. The third-order valence-electron chi connectivity index (χ3n) is 2.34. The second-order valence-electron chi connectivity index (χ2n) is 4.15. The first-order chi connectivity index (χ1) is 8.60. The van der Waals surface area contributed by atoms with Gasteiger partial charge in [0.2, 0.25) is 0 Å². The number of nitrogen functional groups attached to an aromatic ring is 1. The number of aromatic nitrogens is 2. The fraction of sp³-hybridized carbons (Fsp3) is 0.231. The molecule has 0 atom stereocenters. The molecule has 0 radical (unpaired) electrons. The fourth-order valence-corrected chi connectivity index (χ4v) is 1.57. The summed E-state index contributed by atoms with van der Waals surface area (Å²) in [5, 5.41) is 8.80. The van der Waals surface area contributed by atoms with Gasteiger partial charge in [0.05, 0.1) is 6.10 Å². The Morgan fingerprint density at radius 2 is 2.00 bits per heavy atom. The van der Waals surface area contributed by atoms with Crippen LogP contribution in [0.4, 0.5) is 5.82 Å². The van der Waals surface area contributed by atoms with E-state index in [0.29, 0.717) is 5.82 Å². The highest BCUT2D eigenvalue weighted by molar-refractivity contribution is 5.61. The number of benzene rings is 1. The number of rotatable bonds is 3. The van der Waals surface area contributed by atoms with E-state index in [1.165, 1.54) is 0 Å². The van der Waals surface area contributed by atoms with Crippen LogP contribution in [0.25, 0.3) is 11.4 Å². The highest BCUT2D eigenvalue weighted by Gasteiger charge is 2.08. The maximum atomic E-state index is 8.80. The van der Waals surface area contributed by atoms with E-state index in [-0.39, 0.29) is 17.6 Å². The third kappa shape index (κ3) is 2.43. The normalized spacial score (nSPS) is 10.3. The van der Waals surface area contributed by atoms with E-state index in [1.807, 2.05) is 44.2 Å². The van der Waals surface area contributed by atoms with Crippen LogP contribution < -0.4 is 10.5 Å². The van der Waals surface area contributed by atoms with Crippen molar-refractivity contribution in [2.45, 2.75) is 20.0 Å². The molecule has 0 spiro atoms. The minimum absolute atomic E-state index is 0.139. The van der Waals surface area contributed by atoms with E-state index in [0.717, 1.165) is 11.3 Å². The molecule has 0 aliphatic carbocycles. The second kappa shape index (κ2) is 4.80. The molecule has 0 bridgehead atoms. The Morgan fingerprint density at radius 3 is 2.50 bits per heavy atom. The second-order valence-corrected chi connectivity index (χ2v) is 4.15. The van der Waals surface area contributed by atoms with E-state index >= 15 is 0 Å². The van der Waals surface area contributed by atoms with Crippen molar-refractivity contribution < 1.29 is 4.74 Å². The van der Waals surface area contributed by atoms with Crippen molar-refractivity contribution in [2.75, 3.05) is 5.73 Å². The van der Waals surface area contributed by atoms with Crippen LogP contribution >= 0.6 is 0 Å². The summed E-state index contributed by atoms with van der Waals surface area (Å²) in [5.41, 5.74) is 6.74. The van der Waals surface area contributed by atoms with Crippen molar-refractivity contribution >= 4 is 5.82 Å². The molecular weight excluding hydrogens is 228 g/mol. The lowest BCUT2D eigenvalue weighted by Gasteiger charge is -2.09. The molecule has 0 unspecified atom stereocenters. The average Bonchev–Trinajstić information content (AvgIpc) is 2.71. The number of nitrogens with zero attached hydrogens (tertiary/aromatic N) is 2. The van der Waals surface area contributed by atoms with Crippen LogP contribution in [0.5, 0.6) is 5.75 Å². The lowest BCUT2D eigenvalue weighted by atomic mass is 10.2. The molecule has 0 fully saturated rings. The highest BCUT2D eigenvalue weighted by Crippen LogP contribution is 2.22. The summed E-state index contributed by atoms with van der Waals surface area (Å²) in [4.78, 5) is 6.97. The molecule has 2 aromatic rings. The van der Waals surface area contributed by atoms with Gasteiger partial charge < -0.3 is 15.5 Å². The zero-order valence-corrected chi connectivity index (χ0v) is 10.3. The van der Waals surface area contributed by atoms with Crippen LogP contribution in [0.3, 0.4) is 0 Å². The molecule has 0 amide bonds. The average molecular weight is 242 g/mol. The molecule has 0 aliphatic rings. The van der Waals surface area contributed by atoms with E-state index in [4.69, 9.17) is 15.7 Å². The number of nitriles is 1. The smallest absolute Gasteiger partial charge is 0.161 e. The molecule has 92 valence electrons. The molecule has 5 nitrogen and oxygen atoms in total. The summed E-state index contributed by atoms with van der Waals surface area (Å²) in [6, 6.07) is 9.42. The van der Waals surface area contributed by atoms with Crippen LogP contribution in [0, 0.1) is 11.3 Å². The first-order valence-electron chi connectivity index (χ1n) is 5.63. The van der Waals surface area contributed by atoms with Gasteiger partial charge in [0.1, 0.15) is 17.6 Å². The van der Waals surface area contributed by atoms with Gasteiger partial charge in [0, 0.05) is 5.56 Å². The minimum Gasteiger partial charge on any atom is -0.491 e. The lowest BCUT2D eigenvalue weighted by Crippen LogP contribution is -2.05. The van der Waals surface area contributed by atoms with Crippen LogP contribution in [0.15, 0.2) is 24.3 Å². The van der Waals surface area contributed by atoms with Gasteiger partial charge in [-0.3, -0.25) is 0 Å². The lowest BCUT2D eigenvalue weighted by molar-refractivity contribution is 0.242. The Kier molecular flexibility index (Phi) is 3.20. The van der Waals surface area contributed by atoms with Crippen LogP contribution in [-0.2, 0) is 0 Å². The Morgan fingerprint density at radius 1 is 1.33 bits per heavy atom. The Labute approximate surface area is 105 Å². The van der Waals surface area contributed by atoms with Crippen molar-refractivity contribution in [1.82, 2.24) is 9.97 Å². The number of imidazole rings is 1. The first-order valence-corrected chi connectivity index (χ1v) is 5.63. The van der Waals surface area contributed by atoms with Gasteiger partial charge >= 0.3 is 0 Å². The number of anilines is 1. The van der Waals surface area contributed by atoms with E-state index in [2.05, 4.69) is 9.97 Å². The number of ether oxygens (including phenoxy) is 1. The molecule has 0 saturated heterocycles. The largest absolute Gasteiger partial charge is 0.491 e. The Bertz CT molecular complexity index is 578. The number of nitrogens with two attached hydrogens (primary N) is 1. The zero-order chi connectivity index (χ0) is 13.1. The molecular formula is C13H14N4O. The molecule has 1 aromatic carbocycles. The molecule has 3 N–H and O–H groups in total. The quantitative estimate of drug-likeness (QED) is 0.864. The molecule has 0 aliphatic heterocycles. The number of nitrogens with one attached hydrogen (secondary N) is 1. The maximum absolute atomic E-state index is 8.80. The van der Waals surface area contributed by atoms with Gasteiger partial charge in [0.25, 0.3) is 0 Å². The number of hydrogen-bond donors (Lipinski definition) is 2. The van der Waals surface area contributed by atoms with Crippen molar-refractivity contribution in [1.29, 1.82) is 5.26 Å². The minimum atomic E-state index is 0.139. The predicted molar refractivity (Wildman–Crippen MR) is 68.9 cm³/mol. The monoisotopic (exact) mass is 242 g/mol. The molecule has 5 heteroatoms.